The number of hydrogen-bond donors (Lipinski definition) is 2. The smallest absolute Gasteiger partial charge is 0.161 e. The van der Waals surface area contributed by atoms with Crippen molar-refractivity contribution in [3.05, 3.63) is 63.9 Å². The van der Waals surface area contributed by atoms with E-state index in [1.165, 1.54) is 0 Å². The molecule has 1 unspecified atom stereocenters. The Balaban J connectivity index is 2.06. The molecule has 3 nitrogen and oxygen atoms in total. The van der Waals surface area contributed by atoms with Crippen molar-refractivity contribution in [1.29, 1.82) is 0 Å². The summed E-state index contributed by atoms with van der Waals surface area (Å²) in [5.74, 6) is -1.68. The van der Waals surface area contributed by atoms with E-state index in [0.29, 0.717) is 11.1 Å². The maximum absolute atomic E-state index is 13.1. The van der Waals surface area contributed by atoms with Gasteiger partial charge >= 0.3 is 0 Å². The van der Waals surface area contributed by atoms with E-state index in [9.17, 15) is 13.9 Å². The SMILES string of the molecule is OC(c1cccc(Br)c1)c1nc2cc(F)c(F)cc2[nH]1. The Morgan fingerprint density at radius 2 is 1.90 bits per heavy atom. The van der Waals surface area contributed by atoms with Gasteiger partial charge < -0.3 is 10.1 Å². The lowest BCUT2D eigenvalue weighted by molar-refractivity contribution is 0.211. The number of aromatic nitrogens is 2. The molecule has 0 spiro atoms. The van der Waals surface area contributed by atoms with Crippen LogP contribution in [0.4, 0.5) is 8.78 Å². The van der Waals surface area contributed by atoms with Gasteiger partial charge in [0, 0.05) is 16.6 Å². The van der Waals surface area contributed by atoms with E-state index in [1.54, 1.807) is 18.2 Å². The molecule has 0 radical (unpaired) electrons. The van der Waals surface area contributed by atoms with Gasteiger partial charge in [-0.15, -0.1) is 0 Å². The number of halogens is 3. The lowest BCUT2D eigenvalue weighted by Crippen LogP contribution is -2.01. The monoisotopic (exact) mass is 338 g/mol. The van der Waals surface area contributed by atoms with E-state index >= 15 is 0 Å². The van der Waals surface area contributed by atoms with E-state index in [-0.39, 0.29) is 11.3 Å². The number of imidazole rings is 1. The second-order valence-corrected chi connectivity index (χ2v) is 5.28. The van der Waals surface area contributed by atoms with Crippen molar-refractivity contribution in [2.24, 2.45) is 0 Å². The van der Waals surface area contributed by atoms with Crippen LogP contribution in [0.1, 0.15) is 17.5 Å². The van der Waals surface area contributed by atoms with Gasteiger partial charge in [0.2, 0.25) is 0 Å². The molecule has 1 aromatic heterocycles. The molecule has 0 aliphatic rings. The van der Waals surface area contributed by atoms with Gasteiger partial charge in [-0.1, -0.05) is 28.1 Å². The second-order valence-electron chi connectivity index (χ2n) is 4.36. The molecule has 0 aliphatic heterocycles. The summed E-state index contributed by atoms with van der Waals surface area (Å²) in [4.78, 5) is 6.89. The Morgan fingerprint density at radius 1 is 1.15 bits per heavy atom. The second kappa shape index (κ2) is 4.96. The number of H-pyrrole nitrogens is 1. The van der Waals surface area contributed by atoms with Crippen molar-refractivity contribution < 1.29 is 13.9 Å². The number of rotatable bonds is 2. The first-order valence-corrected chi connectivity index (χ1v) is 6.62. The van der Waals surface area contributed by atoms with E-state index in [2.05, 4.69) is 25.9 Å². The Bertz CT molecular complexity index is 749. The highest BCUT2D eigenvalue weighted by Gasteiger charge is 2.16. The zero-order valence-electron chi connectivity index (χ0n) is 10.1. The fraction of sp³-hybridized carbons (Fsp3) is 0.0714. The Morgan fingerprint density at radius 3 is 2.65 bits per heavy atom. The van der Waals surface area contributed by atoms with Gasteiger partial charge in [-0.05, 0) is 17.7 Å². The minimum atomic E-state index is -0.994. The molecular formula is C14H9BrF2N2O. The highest BCUT2D eigenvalue weighted by atomic mass is 79.9. The van der Waals surface area contributed by atoms with Crippen LogP contribution in [0.15, 0.2) is 40.9 Å². The van der Waals surface area contributed by atoms with Gasteiger partial charge in [0.25, 0.3) is 0 Å². The van der Waals surface area contributed by atoms with Gasteiger partial charge in [0.1, 0.15) is 11.9 Å². The van der Waals surface area contributed by atoms with E-state index in [4.69, 9.17) is 0 Å². The number of nitrogens with zero attached hydrogens (tertiary/aromatic N) is 1. The molecule has 3 aromatic rings. The van der Waals surface area contributed by atoms with Crippen LogP contribution in [-0.4, -0.2) is 15.1 Å². The molecule has 102 valence electrons. The molecule has 3 rings (SSSR count). The number of nitrogens with one attached hydrogen (secondary N) is 1. The summed E-state index contributed by atoms with van der Waals surface area (Å²) < 4.78 is 27.1. The summed E-state index contributed by atoms with van der Waals surface area (Å²) >= 11 is 3.32. The molecule has 2 N–H and O–H groups in total. The normalized spacial score (nSPS) is 12.8. The standard InChI is InChI=1S/C14H9BrF2N2O/c15-8-3-1-2-7(4-8)13(20)14-18-11-5-9(16)10(17)6-12(11)19-14/h1-6,13,20H,(H,18,19). The van der Waals surface area contributed by atoms with Crippen LogP contribution in [0.25, 0.3) is 11.0 Å². The molecule has 0 saturated carbocycles. The van der Waals surface area contributed by atoms with Crippen LogP contribution in [0.3, 0.4) is 0 Å². The summed E-state index contributed by atoms with van der Waals surface area (Å²) in [6, 6.07) is 9.13. The molecule has 2 aromatic carbocycles. The zero-order valence-corrected chi connectivity index (χ0v) is 11.7. The number of hydrogen-bond acceptors (Lipinski definition) is 2. The predicted molar refractivity (Wildman–Crippen MR) is 74.2 cm³/mol. The van der Waals surface area contributed by atoms with Gasteiger partial charge in [0.05, 0.1) is 11.0 Å². The largest absolute Gasteiger partial charge is 0.380 e. The van der Waals surface area contributed by atoms with Crippen LogP contribution in [-0.2, 0) is 0 Å². The summed E-state index contributed by atoms with van der Waals surface area (Å²) in [7, 11) is 0. The maximum atomic E-state index is 13.1. The molecule has 0 saturated heterocycles. The van der Waals surface area contributed by atoms with Crippen molar-refractivity contribution in [3.63, 3.8) is 0 Å². The number of aromatic amines is 1. The molecule has 0 aliphatic carbocycles. The number of fused-ring (bicyclic) bond motifs is 1. The fourth-order valence-electron chi connectivity index (χ4n) is 1.99. The summed E-state index contributed by atoms with van der Waals surface area (Å²) in [6.45, 7) is 0. The zero-order chi connectivity index (χ0) is 14.3. The molecule has 0 amide bonds. The molecule has 20 heavy (non-hydrogen) atoms. The summed E-state index contributed by atoms with van der Waals surface area (Å²) in [5, 5.41) is 10.3. The number of benzene rings is 2. The van der Waals surface area contributed by atoms with Gasteiger partial charge in [-0.3, -0.25) is 0 Å². The third-order valence-corrected chi connectivity index (χ3v) is 3.46. The Hall–Kier alpha value is -1.79. The Labute approximate surface area is 121 Å². The van der Waals surface area contributed by atoms with Crippen LogP contribution in [0.2, 0.25) is 0 Å². The summed E-state index contributed by atoms with van der Waals surface area (Å²) in [6.07, 6.45) is -0.994. The van der Waals surface area contributed by atoms with Gasteiger partial charge in [-0.2, -0.15) is 0 Å². The van der Waals surface area contributed by atoms with Gasteiger partial charge in [0.15, 0.2) is 11.6 Å². The van der Waals surface area contributed by atoms with Crippen LogP contribution in [0, 0.1) is 11.6 Å². The van der Waals surface area contributed by atoms with Crippen molar-refractivity contribution in [3.8, 4) is 0 Å². The quantitative estimate of drug-likeness (QED) is 0.748. The minimum absolute atomic E-state index is 0.239. The number of aliphatic hydroxyl groups is 1. The van der Waals surface area contributed by atoms with E-state index < -0.39 is 17.7 Å². The van der Waals surface area contributed by atoms with Crippen molar-refractivity contribution >= 4 is 27.0 Å². The maximum Gasteiger partial charge on any atom is 0.161 e. The third kappa shape index (κ3) is 2.32. The summed E-state index contributed by atoms with van der Waals surface area (Å²) in [5.41, 5.74) is 1.24. The van der Waals surface area contributed by atoms with Crippen molar-refractivity contribution in [1.82, 2.24) is 9.97 Å². The highest BCUT2D eigenvalue weighted by Crippen LogP contribution is 2.25. The molecule has 0 fully saturated rings. The average molecular weight is 339 g/mol. The topological polar surface area (TPSA) is 48.9 Å². The number of aliphatic hydroxyl groups excluding tert-OH is 1. The molecule has 1 heterocycles. The minimum Gasteiger partial charge on any atom is -0.380 e. The van der Waals surface area contributed by atoms with E-state index in [1.807, 2.05) is 6.07 Å². The first kappa shape index (κ1) is 13.2. The lowest BCUT2D eigenvalue weighted by atomic mass is 10.1. The van der Waals surface area contributed by atoms with Crippen LogP contribution >= 0.6 is 15.9 Å². The fourth-order valence-corrected chi connectivity index (χ4v) is 2.41. The van der Waals surface area contributed by atoms with Crippen molar-refractivity contribution in [2.75, 3.05) is 0 Å². The predicted octanol–water partition coefficient (Wildman–Crippen LogP) is 3.69. The Kier molecular flexibility index (Phi) is 3.27. The highest BCUT2D eigenvalue weighted by molar-refractivity contribution is 9.10. The van der Waals surface area contributed by atoms with Crippen LogP contribution < -0.4 is 0 Å². The molecule has 0 bridgehead atoms. The third-order valence-electron chi connectivity index (χ3n) is 2.97. The van der Waals surface area contributed by atoms with E-state index in [0.717, 1.165) is 16.6 Å². The average Bonchev–Trinajstić information content (AvgIpc) is 2.81. The van der Waals surface area contributed by atoms with Crippen LogP contribution in [0.5, 0.6) is 0 Å². The lowest BCUT2D eigenvalue weighted by Gasteiger charge is -2.08. The molecule has 1 atom stereocenters. The molecular weight excluding hydrogens is 330 g/mol. The molecule has 6 heteroatoms. The first-order valence-electron chi connectivity index (χ1n) is 5.83. The van der Waals surface area contributed by atoms with Crippen molar-refractivity contribution in [2.45, 2.75) is 6.10 Å². The van der Waals surface area contributed by atoms with Gasteiger partial charge in [-0.25, -0.2) is 13.8 Å². The first-order chi connectivity index (χ1) is 9.54.